The minimum absolute atomic E-state index is 0.0190. The molecule has 0 unspecified atom stereocenters. The number of hydrogen-bond acceptors (Lipinski definition) is 5. The van der Waals surface area contributed by atoms with Crippen LogP contribution in [0, 0.1) is 0 Å². The van der Waals surface area contributed by atoms with Gasteiger partial charge in [-0.05, 0) is 23.8 Å². The van der Waals surface area contributed by atoms with Crippen molar-refractivity contribution in [2.75, 3.05) is 7.11 Å². The highest BCUT2D eigenvalue weighted by Crippen LogP contribution is 2.39. The average molecular weight is 455 g/mol. The Morgan fingerprint density at radius 3 is 2.52 bits per heavy atom. The Bertz CT molecular complexity index is 1420. The lowest BCUT2D eigenvalue weighted by Gasteiger charge is -2.15. The number of ketones is 1. The van der Waals surface area contributed by atoms with Gasteiger partial charge in [-0.2, -0.15) is 0 Å². The molecular weight excluding hydrogens is 432 g/mol. The average Bonchev–Trinajstić information content (AvgIpc) is 3.46. The molecule has 0 aliphatic carbocycles. The first-order valence-electron chi connectivity index (χ1n) is 10.5. The molecule has 33 heavy (non-hydrogen) atoms. The summed E-state index contributed by atoms with van der Waals surface area (Å²) in [4.78, 5) is 17.0. The summed E-state index contributed by atoms with van der Waals surface area (Å²) in [6.45, 7) is 0. The molecule has 1 N–H and O–H groups in total. The Labute approximate surface area is 195 Å². The molecular formula is C26H22N4O2S. The summed E-state index contributed by atoms with van der Waals surface area (Å²) < 4.78 is 7.40. The molecule has 0 spiro atoms. The lowest BCUT2D eigenvalue weighted by atomic mass is 10.0. The molecule has 2 heterocycles. The number of benzene rings is 3. The van der Waals surface area contributed by atoms with Crippen LogP contribution in [0.15, 0.2) is 90.2 Å². The van der Waals surface area contributed by atoms with Gasteiger partial charge in [-0.25, -0.2) is 0 Å². The van der Waals surface area contributed by atoms with Crippen molar-refractivity contribution < 1.29 is 9.53 Å². The van der Waals surface area contributed by atoms with Gasteiger partial charge in [0.25, 0.3) is 0 Å². The minimum Gasteiger partial charge on any atom is -0.496 e. The quantitative estimate of drug-likeness (QED) is 0.253. The number of H-pyrrole nitrogens is 1. The molecule has 7 heteroatoms. The molecule has 0 aliphatic heterocycles. The smallest absolute Gasteiger partial charge is 0.192 e. The number of carbonyl (C=O) groups is 1. The van der Waals surface area contributed by atoms with E-state index in [0.717, 1.165) is 27.8 Å². The van der Waals surface area contributed by atoms with Crippen molar-refractivity contribution in [2.24, 2.45) is 7.05 Å². The van der Waals surface area contributed by atoms with Crippen LogP contribution < -0.4 is 4.74 Å². The maximum absolute atomic E-state index is 13.8. The summed E-state index contributed by atoms with van der Waals surface area (Å²) in [5.41, 5.74) is 3.37. The van der Waals surface area contributed by atoms with Crippen LogP contribution in [0.2, 0.25) is 0 Å². The number of thioether (sulfide) groups is 1. The molecule has 0 saturated carbocycles. The standard InChI is InChI=1S/C26H22N4O2S/c1-30-25(19-13-7-9-15-22(19)32-2)28-29-26(30)33-24(17-10-4-3-5-11-17)23(31)20-16-27-21-14-8-6-12-18(20)21/h3-16,24,27H,1-2H3/t24-/m0/s1. The second-order valence-corrected chi connectivity index (χ2v) is 8.66. The van der Waals surface area contributed by atoms with Crippen molar-refractivity contribution in [3.8, 4) is 17.1 Å². The highest BCUT2D eigenvalue weighted by molar-refractivity contribution is 8.00. The van der Waals surface area contributed by atoms with Gasteiger partial charge in [0, 0.05) is 29.7 Å². The van der Waals surface area contributed by atoms with Crippen molar-refractivity contribution in [1.29, 1.82) is 0 Å². The topological polar surface area (TPSA) is 72.8 Å². The molecule has 5 rings (SSSR count). The van der Waals surface area contributed by atoms with Crippen LogP contribution in [0.4, 0.5) is 0 Å². The summed E-state index contributed by atoms with van der Waals surface area (Å²) >= 11 is 1.40. The number of hydrogen-bond donors (Lipinski definition) is 1. The molecule has 6 nitrogen and oxygen atoms in total. The zero-order chi connectivity index (χ0) is 22.8. The molecule has 2 aromatic heterocycles. The predicted octanol–water partition coefficient (Wildman–Crippen LogP) is 5.69. The van der Waals surface area contributed by atoms with Gasteiger partial charge in [-0.3, -0.25) is 4.79 Å². The van der Waals surface area contributed by atoms with Crippen molar-refractivity contribution in [3.05, 3.63) is 96.2 Å². The first-order chi connectivity index (χ1) is 16.2. The van der Waals surface area contributed by atoms with Gasteiger partial charge >= 0.3 is 0 Å². The van der Waals surface area contributed by atoms with Gasteiger partial charge in [0.2, 0.25) is 0 Å². The van der Waals surface area contributed by atoms with Gasteiger partial charge in [0.1, 0.15) is 11.0 Å². The van der Waals surface area contributed by atoms with E-state index in [2.05, 4.69) is 15.2 Å². The van der Waals surface area contributed by atoms with E-state index in [4.69, 9.17) is 4.74 Å². The predicted molar refractivity (Wildman–Crippen MR) is 131 cm³/mol. The number of Topliss-reactive ketones (excluding diaryl/α,β-unsaturated/α-hetero) is 1. The molecule has 1 atom stereocenters. The van der Waals surface area contributed by atoms with Crippen LogP contribution >= 0.6 is 11.8 Å². The third-order valence-corrected chi connectivity index (χ3v) is 6.89. The van der Waals surface area contributed by atoms with Crippen LogP contribution in [0.1, 0.15) is 21.2 Å². The molecule has 0 radical (unpaired) electrons. The Morgan fingerprint density at radius 2 is 1.70 bits per heavy atom. The van der Waals surface area contributed by atoms with E-state index in [-0.39, 0.29) is 5.78 Å². The fourth-order valence-electron chi connectivity index (χ4n) is 3.90. The summed E-state index contributed by atoms with van der Waals surface area (Å²) in [5, 5.41) is 9.92. The highest BCUT2D eigenvalue weighted by atomic mass is 32.2. The number of rotatable bonds is 7. The fraction of sp³-hybridized carbons (Fsp3) is 0.115. The normalized spacial score (nSPS) is 12.1. The number of carbonyl (C=O) groups excluding carboxylic acids is 1. The maximum atomic E-state index is 13.8. The number of fused-ring (bicyclic) bond motifs is 1. The highest BCUT2D eigenvalue weighted by Gasteiger charge is 2.28. The largest absolute Gasteiger partial charge is 0.496 e. The molecule has 0 aliphatic rings. The summed E-state index contributed by atoms with van der Waals surface area (Å²) in [7, 11) is 3.54. The number of aromatic amines is 1. The minimum atomic E-state index is -0.473. The molecule has 5 aromatic rings. The van der Waals surface area contributed by atoms with Gasteiger partial charge in [-0.1, -0.05) is 72.4 Å². The number of aromatic nitrogens is 4. The van der Waals surface area contributed by atoms with Gasteiger partial charge < -0.3 is 14.3 Å². The summed E-state index contributed by atoms with van der Waals surface area (Å²) in [5.74, 6) is 1.42. The van der Waals surface area contributed by atoms with E-state index < -0.39 is 5.25 Å². The lowest BCUT2D eigenvalue weighted by molar-refractivity contribution is 0.0991. The molecule has 0 amide bonds. The van der Waals surface area contributed by atoms with E-state index in [9.17, 15) is 4.79 Å². The third-order valence-electron chi connectivity index (χ3n) is 5.60. The van der Waals surface area contributed by atoms with Crippen molar-refractivity contribution in [3.63, 3.8) is 0 Å². The van der Waals surface area contributed by atoms with E-state index in [0.29, 0.717) is 16.5 Å². The van der Waals surface area contributed by atoms with Crippen LogP contribution in [0.25, 0.3) is 22.3 Å². The second-order valence-electron chi connectivity index (χ2n) is 7.59. The molecule has 0 bridgehead atoms. The van der Waals surface area contributed by atoms with Crippen LogP contribution in [-0.4, -0.2) is 32.6 Å². The Hall–Kier alpha value is -3.84. The maximum Gasteiger partial charge on any atom is 0.192 e. The van der Waals surface area contributed by atoms with Gasteiger partial charge in [-0.15, -0.1) is 10.2 Å². The van der Waals surface area contributed by atoms with E-state index in [1.165, 1.54) is 11.8 Å². The fourth-order valence-corrected chi connectivity index (χ4v) is 4.97. The molecule has 164 valence electrons. The summed E-state index contributed by atoms with van der Waals surface area (Å²) in [6.07, 6.45) is 1.79. The van der Waals surface area contributed by atoms with Crippen molar-refractivity contribution in [2.45, 2.75) is 10.4 Å². The third kappa shape index (κ3) is 3.91. The van der Waals surface area contributed by atoms with Crippen LogP contribution in [0.5, 0.6) is 5.75 Å². The first-order valence-corrected chi connectivity index (χ1v) is 11.4. The molecule has 0 saturated heterocycles. The van der Waals surface area contributed by atoms with Crippen molar-refractivity contribution in [1.82, 2.24) is 19.7 Å². The zero-order valence-corrected chi connectivity index (χ0v) is 19.0. The Kier molecular flexibility index (Phi) is 5.71. The van der Waals surface area contributed by atoms with E-state index in [1.807, 2.05) is 90.5 Å². The second kappa shape index (κ2) is 8.96. The summed E-state index contributed by atoms with van der Waals surface area (Å²) in [6, 6.07) is 25.3. The van der Waals surface area contributed by atoms with Gasteiger partial charge in [0.15, 0.2) is 16.8 Å². The van der Waals surface area contributed by atoms with E-state index in [1.54, 1.807) is 13.3 Å². The Morgan fingerprint density at radius 1 is 0.970 bits per heavy atom. The number of para-hydroxylation sites is 2. The van der Waals surface area contributed by atoms with Crippen LogP contribution in [-0.2, 0) is 7.05 Å². The Balaban J connectivity index is 1.54. The van der Waals surface area contributed by atoms with Crippen LogP contribution in [0.3, 0.4) is 0 Å². The SMILES string of the molecule is COc1ccccc1-c1nnc(S[C@H](C(=O)c2c[nH]c3ccccc23)c2ccccc2)n1C. The van der Waals surface area contributed by atoms with E-state index >= 15 is 0 Å². The zero-order valence-electron chi connectivity index (χ0n) is 18.2. The monoisotopic (exact) mass is 454 g/mol. The lowest BCUT2D eigenvalue weighted by Crippen LogP contribution is -2.11. The van der Waals surface area contributed by atoms with Crippen molar-refractivity contribution >= 4 is 28.4 Å². The first kappa shape index (κ1) is 21.0. The molecule has 3 aromatic carbocycles. The number of nitrogens with one attached hydrogen (secondary N) is 1. The molecule has 0 fully saturated rings. The van der Waals surface area contributed by atoms with Gasteiger partial charge in [0.05, 0.1) is 12.7 Å². The number of methoxy groups -OCH3 is 1. The number of ether oxygens (including phenoxy) is 1. The number of nitrogens with zero attached hydrogens (tertiary/aromatic N) is 3.